The third-order valence-electron chi connectivity index (χ3n) is 7.73. The minimum Gasteiger partial charge on any atom is -0.379 e. The fraction of sp³-hybridized carbons (Fsp3) is 0.739. The number of hydrogen-bond donors (Lipinski definition) is 1. The van der Waals surface area contributed by atoms with Crippen molar-refractivity contribution in [3.63, 3.8) is 0 Å². The molecule has 33 heavy (non-hydrogen) atoms. The topological polar surface area (TPSA) is 72.9 Å². The smallest absolute Gasteiger partial charge is 0.379 e. The molecule has 7 nitrogen and oxygen atoms in total. The molecule has 1 amide bonds. The second kappa shape index (κ2) is 8.79. The van der Waals surface area contributed by atoms with Gasteiger partial charge in [-0.25, -0.2) is 0 Å². The van der Waals surface area contributed by atoms with Gasteiger partial charge in [-0.15, -0.1) is 0 Å². The van der Waals surface area contributed by atoms with Crippen molar-refractivity contribution in [1.82, 2.24) is 15.2 Å². The van der Waals surface area contributed by atoms with Crippen LogP contribution in [0.1, 0.15) is 42.5 Å². The van der Waals surface area contributed by atoms with Gasteiger partial charge in [-0.3, -0.25) is 9.78 Å². The van der Waals surface area contributed by atoms with E-state index in [0.29, 0.717) is 56.9 Å². The number of methoxy groups -OCH3 is 1. The number of nitrogens with one attached hydrogen (secondary N) is 1. The Morgan fingerprint density at radius 1 is 1.36 bits per heavy atom. The van der Waals surface area contributed by atoms with Crippen LogP contribution in [0, 0.1) is 5.41 Å². The van der Waals surface area contributed by atoms with Crippen molar-refractivity contribution in [3.8, 4) is 0 Å². The van der Waals surface area contributed by atoms with Crippen LogP contribution in [0.15, 0.2) is 12.3 Å². The molecule has 0 spiro atoms. The van der Waals surface area contributed by atoms with Crippen LogP contribution in [-0.4, -0.2) is 73.6 Å². The second-order valence-electron chi connectivity index (χ2n) is 9.62. The Morgan fingerprint density at radius 2 is 2.21 bits per heavy atom. The lowest BCUT2D eigenvalue weighted by molar-refractivity contribution is -0.145. The fourth-order valence-corrected chi connectivity index (χ4v) is 5.98. The van der Waals surface area contributed by atoms with Gasteiger partial charge in [0.2, 0.25) is 5.91 Å². The van der Waals surface area contributed by atoms with Crippen LogP contribution in [0.4, 0.5) is 13.2 Å². The van der Waals surface area contributed by atoms with Crippen LogP contribution in [0.3, 0.4) is 0 Å². The first-order valence-corrected chi connectivity index (χ1v) is 11.6. The van der Waals surface area contributed by atoms with E-state index in [2.05, 4.69) is 10.3 Å². The van der Waals surface area contributed by atoms with Gasteiger partial charge in [-0.2, -0.15) is 13.2 Å². The zero-order chi connectivity index (χ0) is 23.2. The Bertz CT molecular complexity index is 898. The van der Waals surface area contributed by atoms with Crippen molar-refractivity contribution in [2.75, 3.05) is 33.5 Å². The SMILES string of the molecule is CO[C@@H]1COCC[C@@H]1NC1C[C@H]2OCCC2(C(=O)N2CCc3ncc(C(F)(F)F)cc3C2)C1. The van der Waals surface area contributed by atoms with Crippen LogP contribution in [-0.2, 0) is 38.1 Å². The van der Waals surface area contributed by atoms with Crippen molar-refractivity contribution in [2.24, 2.45) is 5.41 Å². The van der Waals surface area contributed by atoms with Gasteiger partial charge in [0, 0.05) is 63.8 Å². The predicted octanol–water partition coefficient (Wildman–Crippen LogP) is 2.32. The van der Waals surface area contributed by atoms with E-state index in [1.54, 1.807) is 12.0 Å². The Labute approximate surface area is 191 Å². The van der Waals surface area contributed by atoms with E-state index in [0.717, 1.165) is 25.1 Å². The molecule has 182 valence electrons. The summed E-state index contributed by atoms with van der Waals surface area (Å²) in [6.45, 7) is 2.37. The maximum Gasteiger partial charge on any atom is 0.417 e. The first kappa shape index (κ1) is 23.0. The summed E-state index contributed by atoms with van der Waals surface area (Å²) >= 11 is 0. The van der Waals surface area contributed by atoms with Crippen LogP contribution in [0.2, 0.25) is 0 Å². The van der Waals surface area contributed by atoms with Gasteiger partial charge in [0.15, 0.2) is 0 Å². The molecule has 5 atom stereocenters. The highest BCUT2D eigenvalue weighted by molar-refractivity contribution is 5.84. The summed E-state index contributed by atoms with van der Waals surface area (Å²) in [6.07, 6.45) is -0.430. The van der Waals surface area contributed by atoms with E-state index in [1.165, 1.54) is 0 Å². The molecule has 10 heteroatoms. The minimum atomic E-state index is -4.45. The highest BCUT2D eigenvalue weighted by atomic mass is 19.4. The number of fused-ring (bicyclic) bond motifs is 2. The quantitative estimate of drug-likeness (QED) is 0.730. The molecule has 2 saturated heterocycles. The lowest BCUT2D eigenvalue weighted by Crippen LogP contribution is -2.51. The van der Waals surface area contributed by atoms with Crippen molar-refractivity contribution in [2.45, 2.75) is 69.1 Å². The number of carbonyl (C=O) groups excluding carboxylic acids is 1. The van der Waals surface area contributed by atoms with Crippen molar-refractivity contribution in [3.05, 3.63) is 29.1 Å². The molecule has 3 fully saturated rings. The first-order valence-electron chi connectivity index (χ1n) is 11.6. The number of alkyl halides is 3. The van der Waals surface area contributed by atoms with Crippen LogP contribution < -0.4 is 5.32 Å². The lowest BCUT2D eigenvalue weighted by atomic mass is 9.80. The molecule has 1 aromatic rings. The standard InChI is InChI=1S/C23H30F3N3O4/c1-31-19-13-32-6-3-18(19)28-16-9-20-22(10-16,4-7-33-20)21(30)29-5-2-17-14(12-29)8-15(11-27-17)23(24,25)26/h8,11,16,18-20,28H,2-7,9-10,12-13H2,1H3/t16?,18-,19+,20+,22?/m0/s1. The molecule has 4 aliphatic rings. The molecule has 3 aliphatic heterocycles. The number of ether oxygens (including phenoxy) is 3. The molecule has 1 aliphatic carbocycles. The molecule has 5 rings (SSSR count). The van der Waals surface area contributed by atoms with Gasteiger partial charge >= 0.3 is 6.18 Å². The number of amides is 1. The third-order valence-corrected chi connectivity index (χ3v) is 7.73. The summed E-state index contributed by atoms with van der Waals surface area (Å²) in [4.78, 5) is 19.5. The summed E-state index contributed by atoms with van der Waals surface area (Å²) < 4.78 is 56.6. The predicted molar refractivity (Wildman–Crippen MR) is 111 cm³/mol. The largest absolute Gasteiger partial charge is 0.417 e. The molecule has 0 radical (unpaired) electrons. The van der Waals surface area contributed by atoms with Crippen molar-refractivity contribution < 1.29 is 32.2 Å². The summed E-state index contributed by atoms with van der Waals surface area (Å²) in [5.74, 6) is -0.00682. The van der Waals surface area contributed by atoms with Crippen molar-refractivity contribution in [1.29, 1.82) is 0 Å². The Morgan fingerprint density at radius 3 is 3.00 bits per heavy atom. The Balaban J connectivity index is 1.31. The van der Waals surface area contributed by atoms with Gasteiger partial charge in [-0.05, 0) is 37.3 Å². The number of pyridine rings is 1. The zero-order valence-electron chi connectivity index (χ0n) is 18.7. The average Bonchev–Trinajstić information content (AvgIpc) is 3.35. The molecule has 1 N–H and O–H groups in total. The Hall–Kier alpha value is -1.75. The van der Waals surface area contributed by atoms with Gasteiger partial charge < -0.3 is 24.4 Å². The minimum absolute atomic E-state index is 0.00682. The molecule has 0 aromatic carbocycles. The van der Waals surface area contributed by atoms with E-state index in [9.17, 15) is 18.0 Å². The number of rotatable bonds is 4. The van der Waals surface area contributed by atoms with Crippen LogP contribution in [0.5, 0.6) is 0 Å². The van der Waals surface area contributed by atoms with Crippen molar-refractivity contribution >= 4 is 5.91 Å². The highest BCUT2D eigenvalue weighted by Crippen LogP contribution is 2.49. The first-order chi connectivity index (χ1) is 15.8. The molecule has 2 unspecified atom stereocenters. The maximum absolute atomic E-state index is 13.8. The van der Waals surface area contributed by atoms with E-state index in [4.69, 9.17) is 14.2 Å². The lowest BCUT2D eigenvalue weighted by Gasteiger charge is -2.37. The molecule has 4 heterocycles. The molecule has 1 saturated carbocycles. The maximum atomic E-state index is 13.8. The molecule has 1 aromatic heterocycles. The van der Waals surface area contributed by atoms with E-state index < -0.39 is 17.2 Å². The summed E-state index contributed by atoms with van der Waals surface area (Å²) in [5.41, 5.74) is -0.281. The third kappa shape index (κ3) is 4.26. The molecule has 0 bridgehead atoms. The monoisotopic (exact) mass is 469 g/mol. The second-order valence-corrected chi connectivity index (χ2v) is 9.62. The zero-order valence-corrected chi connectivity index (χ0v) is 18.7. The fourth-order valence-electron chi connectivity index (χ4n) is 5.98. The number of halogens is 3. The number of aromatic nitrogens is 1. The van der Waals surface area contributed by atoms with Gasteiger partial charge in [0.05, 0.1) is 29.8 Å². The number of hydrogen-bond acceptors (Lipinski definition) is 6. The normalized spacial score (nSPS) is 34.2. The van der Waals surface area contributed by atoms with E-state index in [-0.39, 0.29) is 36.7 Å². The van der Waals surface area contributed by atoms with Crippen LogP contribution in [0.25, 0.3) is 0 Å². The molecular formula is C23H30F3N3O4. The number of nitrogens with zero attached hydrogens (tertiary/aromatic N) is 2. The van der Waals surface area contributed by atoms with E-state index in [1.807, 2.05) is 0 Å². The van der Waals surface area contributed by atoms with Gasteiger partial charge in [0.25, 0.3) is 0 Å². The summed E-state index contributed by atoms with van der Waals surface area (Å²) in [5, 5.41) is 3.68. The van der Waals surface area contributed by atoms with E-state index >= 15 is 0 Å². The molecular weight excluding hydrogens is 439 g/mol. The summed E-state index contributed by atoms with van der Waals surface area (Å²) in [7, 11) is 1.68. The average molecular weight is 470 g/mol. The highest BCUT2D eigenvalue weighted by Gasteiger charge is 2.58. The summed E-state index contributed by atoms with van der Waals surface area (Å²) in [6, 6.07) is 1.42. The number of carbonyl (C=O) groups is 1. The Kier molecular flexibility index (Phi) is 6.13. The van der Waals surface area contributed by atoms with Crippen LogP contribution >= 0.6 is 0 Å². The van der Waals surface area contributed by atoms with Gasteiger partial charge in [0.1, 0.15) is 0 Å². The van der Waals surface area contributed by atoms with Gasteiger partial charge in [-0.1, -0.05) is 0 Å².